The molecule has 1 saturated carbocycles. The summed E-state index contributed by atoms with van der Waals surface area (Å²) in [6, 6.07) is 2.19. The lowest BCUT2D eigenvalue weighted by molar-refractivity contribution is -0.137. The van der Waals surface area contributed by atoms with E-state index < -0.39 is 22.7 Å². The smallest absolute Gasteiger partial charge is 0.377 e. The number of alkyl halides is 3. The maximum Gasteiger partial charge on any atom is 0.417 e. The van der Waals surface area contributed by atoms with E-state index in [1.807, 2.05) is 22.8 Å². The molecule has 1 aliphatic carbocycles. The zero-order chi connectivity index (χ0) is 35.3. The molecule has 3 aliphatic rings. The number of amides is 1. The monoisotopic (exact) mass is 715 g/mol. The highest BCUT2D eigenvalue weighted by Gasteiger charge is 2.34. The third kappa shape index (κ3) is 6.19. The predicted molar refractivity (Wildman–Crippen MR) is 182 cm³/mol. The van der Waals surface area contributed by atoms with Gasteiger partial charge in [0.1, 0.15) is 17.9 Å². The second-order valence-corrected chi connectivity index (χ2v) is 13.2. The van der Waals surface area contributed by atoms with Crippen LogP contribution in [-0.4, -0.2) is 74.2 Å². The summed E-state index contributed by atoms with van der Waals surface area (Å²) in [5, 5.41) is 9.87. The third-order valence-electron chi connectivity index (χ3n) is 9.76. The summed E-state index contributed by atoms with van der Waals surface area (Å²) in [5.74, 6) is -0.0352. The van der Waals surface area contributed by atoms with Crippen molar-refractivity contribution in [3.05, 3.63) is 72.8 Å². The quantitative estimate of drug-likeness (QED) is 0.274. The first-order chi connectivity index (χ1) is 23.9. The number of hydrogen-bond donors (Lipinski definition) is 2. The van der Waals surface area contributed by atoms with Crippen LogP contribution < -0.4 is 26.2 Å². The molecule has 17 heteroatoms. The molecule has 4 aromatic rings. The summed E-state index contributed by atoms with van der Waals surface area (Å²) >= 11 is 5.96. The van der Waals surface area contributed by atoms with E-state index >= 15 is 0 Å². The van der Waals surface area contributed by atoms with Gasteiger partial charge in [0.15, 0.2) is 5.82 Å². The van der Waals surface area contributed by atoms with Crippen LogP contribution in [0.15, 0.2) is 34.0 Å². The number of aromatic amines is 1. The highest BCUT2D eigenvalue weighted by Crippen LogP contribution is 2.37. The van der Waals surface area contributed by atoms with Crippen LogP contribution in [0.2, 0.25) is 5.02 Å². The van der Waals surface area contributed by atoms with Crippen LogP contribution in [0.25, 0.3) is 11.4 Å². The summed E-state index contributed by atoms with van der Waals surface area (Å²) in [6.45, 7) is 5.73. The number of carbonyl (C=O) groups is 1. The van der Waals surface area contributed by atoms with Crippen LogP contribution in [0, 0.1) is 6.92 Å². The molecule has 1 aromatic carbocycles. The minimum atomic E-state index is -4.65. The number of piperazine rings is 1. The number of halogens is 4. The average molecular weight is 716 g/mol. The maximum absolute atomic E-state index is 14.2. The van der Waals surface area contributed by atoms with Gasteiger partial charge in [-0.15, -0.1) is 5.10 Å². The fourth-order valence-electron chi connectivity index (χ4n) is 6.85. The second-order valence-electron chi connectivity index (χ2n) is 12.8. The van der Waals surface area contributed by atoms with Crippen LogP contribution >= 0.6 is 11.6 Å². The molecule has 1 saturated heterocycles. The molecule has 0 spiro atoms. The number of anilines is 3. The van der Waals surface area contributed by atoms with Crippen molar-refractivity contribution in [2.24, 2.45) is 0 Å². The standard InChI is InChI=1S/C33H37ClF3N9O4/c1-3-25-28(43-11-9-42(10-12-43)26-17-38-45(30(26)48)21-5-4-6-21)31(49)46-32(40-29(41-46)20-7-13-50-14-8-20)44(25)18-27(47)39-24-16-23(34)22(15-19(24)2)33(35,36)37/h7,15-17,21,38H,3-6,8-14,18H2,1-2H3,(H,39,47). The van der Waals surface area contributed by atoms with Gasteiger partial charge < -0.3 is 29.5 Å². The van der Waals surface area contributed by atoms with E-state index in [1.165, 1.54) is 11.4 Å². The van der Waals surface area contributed by atoms with Crippen molar-refractivity contribution in [1.29, 1.82) is 0 Å². The van der Waals surface area contributed by atoms with Gasteiger partial charge in [0.25, 0.3) is 11.1 Å². The van der Waals surface area contributed by atoms with E-state index in [2.05, 4.69) is 15.5 Å². The molecule has 13 nitrogen and oxygen atoms in total. The lowest BCUT2D eigenvalue weighted by Crippen LogP contribution is -2.50. The van der Waals surface area contributed by atoms with Crippen LogP contribution in [0.4, 0.5) is 30.2 Å². The minimum absolute atomic E-state index is 0.0469. The van der Waals surface area contributed by atoms with Crippen molar-refractivity contribution in [2.45, 2.75) is 64.7 Å². The number of nitrogens with zero attached hydrogens (tertiary/aromatic N) is 7. The topological polar surface area (TPSA) is 135 Å². The van der Waals surface area contributed by atoms with Gasteiger partial charge in [-0.1, -0.05) is 24.6 Å². The Morgan fingerprint density at radius 2 is 1.86 bits per heavy atom. The van der Waals surface area contributed by atoms with Crippen molar-refractivity contribution >= 4 is 45.9 Å². The molecular weight excluding hydrogens is 679 g/mol. The van der Waals surface area contributed by atoms with E-state index in [4.69, 9.17) is 21.3 Å². The zero-order valence-corrected chi connectivity index (χ0v) is 28.4. The molecule has 50 heavy (non-hydrogen) atoms. The van der Waals surface area contributed by atoms with Gasteiger partial charge >= 0.3 is 6.18 Å². The summed E-state index contributed by atoms with van der Waals surface area (Å²) in [5.41, 5.74) is 1.25. The molecule has 3 aromatic heterocycles. The molecular formula is C33H37ClF3N9O4. The number of H-pyrrole nitrogens is 1. The first-order valence-electron chi connectivity index (χ1n) is 16.7. The van der Waals surface area contributed by atoms with Crippen molar-refractivity contribution < 1.29 is 22.7 Å². The van der Waals surface area contributed by atoms with Crippen molar-refractivity contribution in [3.8, 4) is 0 Å². The number of carbonyl (C=O) groups excluding carboxylic acids is 1. The number of ether oxygens (including phenoxy) is 1. The highest BCUT2D eigenvalue weighted by molar-refractivity contribution is 6.31. The number of rotatable bonds is 8. The van der Waals surface area contributed by atoms with E-state index in [0.717, 1.165) is 37.0 Å². The molecule has 2 aliphatic heterocycles. The van der Waals surface area contributed by atoms with Crippen molar-refractivity contribution in [3.63, 3.8) is 0 Å². The SMILES string of the molecule is CCc1c(N2CCN(c3c[nH]n(C4CCC4)c3=O)CC2)c(=O)n2nc(C3=CCOCC3)nc2n1CC(=O)Nc1cc(Cl)c(C(F)(F)F)cc1C. The van der Waals surface area contributed by atoms with Crippen LogP contribution in [0.5, 0.6) is 0 Å². The van der Waals surface area contributed by atoms with Crippen LogP contribution in [-0.2, 0) is 28.7 Å². The van der Waals surface area contributed by atoms with Gasteiger partial charge in [0, 0.05) is 38.1 Å². The van der Waals surface area contributed by atoms with E-state index in [1.54, 1.807) is 15.4 Å². The Morgan fingerprint density at radius 1 is 1.12 bits per heavy atom. The summed E-state index contributed by atoms with van der Waals surface area (Å²) in [4.78, 5) is 49.7. The normalized spacial score (nSPS) is 17.3. The Hall–Kier alpha value is -4.57. The van der Waals surface area contributed by atoms with Crippen molar-refractivity contribution in [2.75, 3.05) is 54.5 Å². The van der Waals surface area contributed by atoms with Crippen molar-refractivity contribution in [1.82, 2.24) is 28.9 Å². The highest BCUT2D eigenvalue weighted by atomic mass is 35.5. The first kappa shape index (κ1) is 33.9. The number of nitrogens with one attached hydrogen (secondary N) is 2. The Morgan fingerprint density at radius 3 is 2.50 bits per heavy atom. The van der Waals surface area contributed by atoms with Gasteiger partial charge in [0.2, 0.25) is 11.7 Å². The molecule has 5 heterocycles. The molecule has 0 unspecified atom stereocenters. The molecule has 1 amide bonds. The van der Waals surface area contributed by atoms with E-state index in [9.17, 15) is 27.6 Å². The third-order valence-corrected chi connectivity index (χ3v) is 10.1. The number of hydrogen-bond acceptors (Lipinski definition) is 8. The predicted octanol–water partition coefficient (Wildman–Crippen LogP) is 4.42. The van der Waals surface area contributed by atoms with Crippen LogP contribution in [0.1, 0.15) is 61.3 Å². The summed E-state index contributed by atoms with van der Waals surface area (Å²) in [7, 11) is 0. The average Bonchev–Trinajstić information content (AvgIpc) is 3.68. The molecule has 7 rings (SSSR count). The fraction of sp³-hybridized carbons (Fsp3) is 0.485. The number of benzene rings is 1. The lowest BCUT2D eigenvalue weighted by atomic mass is 9.93. The molecule has 2 N–H and O–H groups in total. The van der Waals surface area contributed by atoms with Gasteiger partial charge in [-0.3, -0.25) is 14.4 Å². The molecule has 2 fully saturated rings. The number of fused-ring (bicyclic) bond motifs is 1. The maximum atomic E-state index is 14.2. The van der Waals surface area contributed by atoms with Crippen LogP contribution in [0.3, 0.4) is 0 Å². The Kier molecular flexibility index (Phi) is 9.01. The lowest BCUT2D eigenvalue weighted by Gasteiger charge is -2.37. The Balaban J connectivity index is 1.22. The number of aryl methyl sites for hydroxylation is 1. The van der Waals surface area contributed by atoms with Gasteiger partial charge in [-0.25, -0.2) is 4.68 Å². The summed E-state index contributed by atoms with van der Waals surface area (Å²) < 4.78 is 50.3. The molecule has 0 bridgehead atoms. The van der Waals surface area contributed by atoms with Gasteiger partial charge in [0.05, 0.1) is 35.5 Å². The Bertz CT molecular complexity index is 2100. The second kappa shape index (κ2) is 13.3. The first-order valence-corrected chi connectivity index (χ1v) is 17.1. The molecule has 0 atom stereocenters. The molecule has 266 valence electrons. The van der Waals surface area contributed by atoms with Gasteiger partial charge in [-0.2, -0.15) is 22.7 Å². The zero-order valence-electron chi connectivity index (χ0n) is 27.6. The molecule has 0 radical (unpaired) electrons. The van der Waals surface area contributed by atoms with E-state index in [-0.39, 0.29) is 40.7 Å². The number of aromatic nitrogens is 6. The largest absolute Gasteiger partial charge is 0.417 e. The summed E-state index contributed by atoms with van der Waals surface area (Å²) in [6.07, 6.45) is 2.94. The minimum Gasteiger partial charge on any atom is -0.377 e. The fourth-order valence-corrected chi connectivity index (χ4v) is 7.12. The van der Waals surface area contributed by atoms with Gasteiger partial charge in [-0.05, 0) is 62.3 Å². The Labute approximate surface area is 289 Å². The van der Waals surface area contributed by atoms with E-state index in [0.29, 0.717) is 75.1 Å².